The maximum Gasteiger partial charge on any atom is 0.418 e. The van der Waals surface area contributed by atoms with Gasteiger partial charge >= 0.3 is 16.4 Å². The van der Waals surface area contributed by atoms with Crippen molar-refractivity contribution in [3.05, 3.63) is 16.6 Å². The molecule has 11 nitrogen and oxygen atoms in total. The minimum atomic E-state index is -4.81. The number of carbonyl (C=O) groups is 2. The molecule has 1 aromatic heterocycles. The van der Waals surface area contributed by atoms with Gasteiger partial charge in [0.1, 0.15) is 11.5 Å². The van der Waals surface area contributed by atoms with Crippen LogP contribution in [0.15, 0.2) is 15.9 Å². The zero-order valence-electron chi connectivity index (χ0n) is 12.1. The number of hydrogen-bond donors (Lipinski definition) is 2. The Hall–Kier alpha value is -2.09. The predicted molar refractivity (Wildman–Crippen MR) is 81.5 cm³/mol. The first-order chi connectivity index (χ1) is 11.3. The predicted octanol–water partition coefficient (Wildman–Crippen LogP) is -0.356. The molecule has 0 spiro atoms. The van der Waals surface area contributed by atoms with E-state index in [0.717, 1.165) is 0 Å². The molecule has 3 amide bonds. The van der Waals surface area contributed by atoms with Crippen LogP contribution in [0, 0.1) is 0 Å². The molecule has 3 rings (SSSR count). The van der Waals surface area contributed by atoms with Crippen molar-refractivity contribution in [1.29, 1.82) is 0 Å². The number of carbonyl (C=O) groups excluding carboxylic acids is 2. The summed E-state index contributed by atoms with van der Waals surface area (Å²) >= 11 is 1.24. The van der Waals surface area contributed by atoms with E-state index in [-0.39, 0.29) is 18.1 Å². The lowest BCUT2D eigenvalue weighted by atomic mass is 10.0. The summed E-state index contributed by atoms with van der Waals surface area (Å²) in [6.07, 6.45) is 0.755. The summed E-state index contributed by atoms with van der Waals surface area (Å²) in [5.74, 6) is -0.679. The summed E-state index contributed by atoms with van der Waals surface area (Å²) in [5, 5.41) is 2.13. The Bertz CT molecular complexity index is 792. The van der Waals surface area contributed by atoms with E-state index in [1.807, 2.05) is 0 Å². The third-order valence-corrected chi connectivity index (χ3v) is 4.66. The first kappa shape index (κ1) is 16.8. The Labute approximate surface area is 140 Å². The van der Waals surface area contributed by atoms with Crippen LogP contribution < -0.4 is 5.73 Å². The maximum atomic E-state index is 12.2. The van der Waals surface area contributed by atoms with Crippen molar-refractivity contribution >= 4 is 39.5 Å². The zero-order chi connectivity index (χ0) is 17.5. The van der Waals surface area contributed by atoms with E-state index in [4.69, 9.17) is 10.3 Å². The van der Waals surface area contributed by atoms with Gasteiger partial charge in [0.05, 0.1) is 17.6 Å². The van der Waals surface area contributed by atoms with Crippen LogP contribution in [-0.2, 0) is 14.7 Å². The highest BCUT2D eigenvalue weighted by Gasteiger charge is 2.48. The molecule has 3 N–H and O–H groups in total. The highest BCUT2D eigenvalue weighted by molar-refractivity contribution is 7.80. The van der Waals surface area contributed by atoms with Gasteiger partial charge in [-0.2, -0.15) is 18.5 Å². The number of thiazole rings is 1. The van der Waals surface area contributed by atoms with Gasteiger partial charge in [-0.05, 0) is 12.8 Å². The van der Waals surface area contributed by atoms with Crippen LogP contribution in [0.2, 0.25) is 0 Å². The standard InChI is InChI=1S/C11H13N5O6S2/c12-9(14-10(17)7-4-23-5-13-7)8-2-1-6-3-15(8)11(18)16(6)22-24(19,20)21/h4-6,8H,1-3H2,(H2,12,14,17)(H,19,20,21). The number of nitrogens with zero attached hydrogens (tertiary/aromatic N) is 4. The first-order valence-corrected chi connectivity index (χ1v) is 9.10. The number of hydroxylamine groups is 2. The Kier molecular flexibility index (Phi) is 4.25. The monoisotopic (exact) mass is 375 g/mol. The van der Waals surface area contributed by atoms with Gasteiger partial charge in [0, 0.05) is 11.9 Å². The highest BCUT2D eigenvalue weighted by Crippen LogP contribution is 2.30. The number of amidine groups is 1. The molecule has 2 atom stereocenters. The molecule has 3 heterocycles. The maximum absolute atomic E-state index is 12.2. The topological polar surface area (TPSA) is 155 Å². The molecule has 24 heavy (non-hydrogen) atoms. The number of rotatable bonds is 4. The van der Waals surface area contributed by atoms with Crippen LogP contribution in [0.3, 0.4) is 0 Å². The van der Waals surface area contributed by atoms with Gasteiger partial charge in [0.25, 0.3) is 5.91 Å². The van der Waals surface area contributed by atoms with Gasteiger partial charge in [-0.3, -0.25) is 9.35 Å². The van der Waals surface area contributed by atoms with E-state index in [1.165, 1.54) is 27.1 Å². The van der Waals surface area contributed by atoms with Gasteiger partial charge in [0.15, 0.2) is 0 Å². The van der Waals surface area contributed by atoms with E-state index >= 15 is 0 Å². The zero-order valence-corrected chi connectivity index (χ0v) is 13.7. The third-order valence-electron chi connectivity index (χ3n) is 3.72. The minimum Gasteiger partial charge on any atom is -0.385 e. The molecule has 13 heteroatoms. The van der Waals surface area contributed by atoms with Crippen LogP contribution in [0.25, 0.3) is 0 Å². The number of aromatic nitrogens is 1. The molecular formula is C11H13N5O6S2. The van der Waals surface area contributed by atoms with Gasteiger partial charge < -0.3 is 10.6 Å². The van der Waals surface area contributed by atoms with Gasteiger partial charge in [-0.1, -0.05) is 0 Å². The summed E-state index contributed by atoms with van der Waals surface area (Å²) in [4.78, 5) is 33.0. The summed E-state index contributed by atoms with van der Waals surface area (Å²) in [6, 6.07) is -1.96. The summed E-state index contributed by atoms with van der Waals surface area (Å²) in [7, 11) is -4.81. The van der Waals surface area contributed by atoms with Gasteiger partial charge in [0.2, 0.25) is 0 Å². The lowest BCUT2D eigenvalue weighted by Crippen LogP contribution is -2.48. The Balaban J connectivity index is 1.77. The van der Waals surface area contributed by atoms with Gasteiger partial charge in [-0.25, -0.2) is 9.78 Å². The molecule has 2 saturated heterocycles. The highest BCUT2D eigenvalue weighted by atomic mass is 32.3. The molecule has 0 aliphatic carbocycles. The molecular weight excluding hydrogens is 362 g/mol. The average molecular weight is 375 g/mol. The van der Waals surface area contributed by atoms with E-state index in [9.17, 15) is 18.0 Å². The quantitative estimate of drug-likeness (QED) is 0.411. The van der Waals surface area contributed by atoms with Crippen molar-refractivity contribution in [3.63, 3.8) is 0 Å². The lowest BCUT2D eigenvalue weighted by molar-refractivity contribution is -0.0316. The number of hydrogen-bond acceptors (Lipinski definition) is 7. The molecule has 2 unspecified atom stereocenters. The van der Waals surface area contributed by atoms with Crippen LogP contribution >= 0.6 is 11.3 Å². The molecule has 1 aromatic rings. The van der Waals surface area contributed by atoms with E-state index in [2.05, 4.69) is 14.3 Å². The van der Waals surface area contributed by atoms with Crippen LogP contribution in [0.4, 0.5) is 4.79 Å². The smallest absolute Gasteiger partial charge is 0.385 e. The van der Waals surface area contributed by atoms with E-state index in [0.29, 0.717) is 17.9 Å². The van der Waals surface area contributed by atoms with Crippen LogP contribution in [-0.4, -0.2) is 64.3 Å². The van der Waals surface area contributed by atoms with E-state index in [1.54, 1.807) is 0 Å². The second kappa shape index (κ2) is 6.08. The Morgan fingerprint density at radius 1 is 1.50 bits per heavy atom. The third kappa shape index (κ3) is 3.24. The number of amides is 3. The Morgan fingerprint density at radius 3 is 2.88 bits per heavy atom. The number of aliphatic imine (C=N–C) groups is 1. The van der Waals surface area contributed by atoms with Crippen LogP contribution in [0.1, 0.15) is 23.3 Å². The molecule has 0 radical (unpaired) electrons. The van der Waals surface area contributed by atoms with Crippen LogP contribution in [0.5, 0.6) is 0 Å². The summed E-state index contributed by atoms with van der Waals surface area (Å²) in [6.45, 7) is 0.153. The normalized spacial score (nSPS) is 24.5. The summed E-state index contributed by atoms with van der Waals surface area (Å²) in [5.41, 5.74) is 7.50. The van der Waals surface area contributed by atoms with Gasteiger partial charge in [-0.15, -0.1) is 15.6 Å². The Morgan fingerprint density at radius 2 is 2.25 bits per heavy atom. The second-order valence-electron chi connectivity index (χ2n) is 5.23. The minimum absolute atomic E-state index is 0.0616. The molecule has 130 valence electrons. The molecule has 2 aliphatic rings. The fourth-order valence-electron chi connectivity index (χ4n) is 2.71. The molecule has 0 saturated carbocycles. The number of nitrogens with two attached hydrogens (primary N) is 1. The largest absolute Gasteiger partial charge is 0.418 e. The molecule has 2 bridgehead atoms. The second-order valence-corrected chi connectivity index (χ2v) is 6.95. The van der Waals surface area contributed by atoms with Crippen molar-refractivity contribution in [2.24, 2.45) is 10.7 Å². The SMILES string of the molecule is NC(=NC(=O)c1cscn1)C1CCC2CN1C(=O)N2OS(=O)(=O)O. The van der Waals surface area contributed by atoms with Crippen molar-refractivity contribution < 1.29 is 26.8 Å². The average Bonchev–Trinajstić information content (AvgIpc) is 3.11. The fourth-order valence-corrected chi connectivity index (χ4v) is 3.62. The first-order valence-electron chi connectivity index (χ1n) is 6.79. The molecule has 2 aliphatic heterocycles. The number of fused-ring (bicyclic) bond motifs is 2. The number of urea groups is 1. The van der Waals surface area contributed by atoms with Crippen molar-refractivity contribution in [2.75, 3.05) is 6.54 Å². The molecule has 2 fully saturated rings. The van der Waals surface area contributed by atoms with Crippen molar-refractivity contribution in [3.8, 4) is 0 Å². The van der Waals surface area contributed by atoms with Crippen molar-refractivity contribution in [1.82, 2.24) is 14.9 Å². The van der Waals surface area contributed by atoms with E-state index < -0.39 is 34.4 Å². The van der Waals surface area contributed by atoms with Crippen molar-refractivity contribution in [2.45, 2.75) is 24.9 Å². The fraction of sp³-hybridized carbons (Fsp3) is 0.455. The molecule has 0 aromatic carbocycles. The lowest BCUT2D eigenvalue weighted by Gasteiger charge is -2.29. The summed E-state index contributed by atoms with van der Waals surface area (Å²) < 4.78 is 34.7. The number of piperidine rings is 1.